The molecule has 0 aliphatic heterocycles. The largest absolute Gasteiger partial charge is 0.493 e. The van der Waals surface area contributed by atoms with E-state index in [2.05, 4.69) is 15.8 Å². The van der Waals surface area contributed by atoms with Gasteiger partial charge in [-0.2, -0.15) is 5.10 Å². The Bertz CT molecular complexity index is 1080. The summed E-state index contributed by atoms with van der Waals surface area (Å²) in [5, 5.41) is 6.75. The number of hydrogen-bond donors (Lipinski definition) is 2. The number of carbonyl (C=O) groups excluding carboxylic acids is 2. The van der Waals surface area contributed by atoms with Crippen LogP contribution < -0.4 is 20.2 Å². The van der Waals surface area contributed by atoms with Crippen LogP contribution in [0.25, 0.3) is 0 Å². The Kier molecular flexibility index (Phi) is 7.37. The number of nitrogens with zero attached hydrogens (tertiary/aromatic N) is 1. The molecule has 0 aliphatic rings. The first kappa shape index (κ1) is 21.6. The van der Waals surface area contributed by atoms with Crippen molar-refractivity contribution in [2.24, 2.45) is 5.10 Å². The Balaban J connectivity index is 1.56. The maximum atomic E-state index is 12.1. The van der Waals surface area contributed by atoms with E-state index in [1.807, 2.05) is 37.3 Å². The van der Waals surface area contributed by atoms with Crippen LogP contribution >= 0.6 is 0 Å². The molecule has 0 unspecified atom stereocenters. The minimum atomic E-state index is -0.302. The quantitative estimate of drug-likeness (QED) is 0.431. The molecule has 3 rings (SSSR count). The third kappa shape index (κ3) is 6.43. The Morgan fingerprint density at radius 3 is 2.52 bits per heavy atom. The van der Waals surface area contributed by atoms with Crippen LogP contribution in [0.5, 0.6) is 11.5 Å². The number of amides is 2. The average molecular weight is 417 g/mol. The van der Waals surface area contributed by atoms with Gasteiger partial charge in [0.25, 0.3) is 11.8 Å². The lowest BCUT2D eigenvalue weighted by atomic mass is 10.2. The second-order valence-corrected chi connectivity index (χ2v) is 6.68. The van der Waals surface area contributed by atoms with Crippen molar-refractivity contribution in [2.75, 3.05) is 19.0 Å². The van der Waals surface area contributed by atoms with Crippen molar-refractivity contribution in [3.05, 3.63) is 89.5 Å². The Morgan fingerprint density at radius 2 is 1.77 bits per heavy atom. The lowest BCUT2D eigenvalue weighted by Crippen LogP contribution is -2.20. The van der Waals surface area contributed by atoms with Crippen LogP contribution in [-0.2, 0) is 4.79 Å². The molecule has 158 valence electrons. The van der Waals surface area contributed by atoms with Gasteiger partial charge in [-0.25, -0.2) is 5.43 Å². The van der Waals surface area contributed by atoms with Crippen molar-refractivity contribution in [3.8, 4) is 11.5 Å². The van der Waals surface area contributed by atoms with Gasteiger partial charge in [0.2, 0.25) is 0 Å². The fourth-order valence-corrected chi connectivity index (χ4v) is 2.77. The fourth-order valence-electron chi connectivity index (χ4n) is 2.77. The maximum Gasteiger partial charge on any atom is 0.271 e. The molecule has 0 saturated heterocycles. The van der Waals surface area contributed by atoms with Crippen molar-refractivity contribution in [1.82, 2.24) is 5.43 Å². The van der Waals surface area contributed by atoms with Crippen LogP contribution in [0.3, 0.4) is 0 Å². The van der Waals surface area contributed by atoms with Crippen molar-refractivity contribution >= 4 is 23.7 Å². The number of benzene rings is 3. The summed E-state index contributed by atoms with van der Waals surface area (Å²) in [4.78, 5) is 24.2. The zero-order valence-corrected chi connectivity index (χ0v) is 17.3. The monoisotopic (exact) mass is 417 g/mol. The Morgan fingerprint density at radius 1 is 0.968 bits per heavy atom. The Hall–Kier alpha value is -4.13. The summed E-state index contributed by atoms with van der Waals surface area (Å²) in [6, 6.07) is 21.4. The van der Waals surface area contributed by atoms with Gasteiger partial charge in [0.1, 0.15) is 0 Å². The highest BCUT2D eigenvalue weighted by atomic mass is 16.5. The first-order valence-electron chi connectivity index (χ1n) is 9.61. The summed E-state index contributed by atoms with van der Waals surface area (Å²) in [6.45, 7) is 1.79. The summed E-state index contributed by atoms with van der Waals surface area (Å²) in [7, 11) is 1.51. The molecule has 0 atom stereocenters. The summed E-state index contributed by atoms with van der Waals surface area (Å²) in [5.74, 6) is 0.291. The Labute approximate surface area is 180 Å². The SMILES string of the molecule is COc1cc(/C=N\NC(=O)c2ccccc2)ccc1OCC(=O)Nc1cccc(C)c1. The molecule has 31 heavy (non-hydrogen) atoms. The molecule has 2 N–H and O–H groups in total. The molecule has 0 saturated carbocycles. The van der Waals surface area contributed by atoms with Crippen LogP contribution in [-0.4, -0.2) is 31.7 Å². The third-order valence-electron chi connectivity index (χ3n) is 4.26. The van der Waals surface area contributed by atoms with Crippen molar-refractivity contribution < 1.29 is 19.1 Å². The van der Waals surface area contributed by atoms with Gasteiger partial charge in [-0.05, 0) is 60.5 Å². The zero-order chi connectivity index (χ0) is 22.1. The lowest BCUT2D eigenvalue weighted by Gasteiger charge is -2.11. The van der Waals surface area contributed by atoms with Gasteiger partial charge < -0.3 is 14.8 Å². The van der Waals surface area contributed by atoms with E-state index in [9.17, 15) is 9.59 Å². The van der Waals surface area contributed by atoms with E-state index < -0.39 is 0 Å². The van der Waals surface area contributed by atoms with Gasteiger partial charge in [0.05, 0.1) is 13.3 Å². The van der Waals surface area contributed by atoms with E-state index in [1.54, 1.807) is 42.5 Å². The topological polar surface area (TPSA) is 89.0 Å². The number of anilines is 1. The first-order valence-corrected chi connectivity index (χ1v) is 9.61. The van der Waals surface area contributed by atoms with Gasteiger partial charge >= 0.3 is 0 Å². The highest BCUT2D eigenvalue weighted by molar-refractivity contribution is 5.95. The van der Waals surface area contributed by atoms with E-state index in [0.717, 1.165) is 5.56 Å². The smallest absolute Gasteiger partial charge is 0.271 e. The summed E-state index contributed by atoms with van der Waals surface area (Å²) in [6.07, 6.45) is 1.50. The normalized spacial score (nSPS) is 10.5. The number of aryl methyl sites for hydroxylation is 1. The number of hydrogen-bond acceptors (Lipinski definition) is 5. The van der Waals surface area contributed by atoms with Gasteiger partial charge in [-0.1, -0.05) is 30.3 Å². The van der Waals surface area contributed by atoms with E-state index >= 15 is 0 Å². The van der Waals surface area contributed by atoms with Crippen molar-refractivity contribution in [2.45, 2.75) is 6.92 Å². The van der Waals surface area contributed by atoms with Crippen LogP contribution in [0.1, 0.15) is 21.5 Å². The summed E-state index contributed by atoms with van der Waals surface area (Å²) in [5.41, 5.74) is 5.45. The molecule has 2 amide bonds. The lowest BCUT2D eigenvalue weighted by molar-refractivity contribution is -0.118. The zero-order valence-electron chi connectivity index (χ0n) is 17.3. The highest BCUT2D eigenvalue weighted by Gasteiger charge is 2.09. The number of rotatable bonds is 8. The van der Waals surface area contributed by atoms with Crippen LogP contribution in [0.15, 0.2) is 77.9 Å². The summed E-state index contributed by atoms with van der Waals surface area (Å²) < 4.78 is 10.9. The number of methoxy groups -OCH3 is 1. The molecule has 0 bridgehead atoms. The molecule has 0 fully saturated rings. The number of hydrazone groups is 1. The molecule has 0 aliphatic carbocycles. The predicted molar refractivity (Wildman–Crippen MR) is 120 cm³/mol. The number of carbonyl (C=O) groups is 2. The van der Waals surface area contributed by atoms with E-state index in [0.29, 0.717) is 28.3 Å². The molecule has 7 heteroatoms. The van der Waals surface area contributed by atoms with Crippen molar-refractivity contribution in [1.29, 1.82) is 0 Å². The highest BCUT2D eigenvalue weighted by Crippen LogP contribution is 2.27. The third-order valence-corrected chi connectivity index (χ3v) is 4.26. The van der Waals surface area contributed by atoms with Gasteiger partial charge in [-0.15, -0.1) is 0 Å². The minimum absolute atomic E-state index is 0.162. The average Bonchev–Trinajstić information content (AvgIpc) is 2.78. The predicted octanol–water partition coefficient (Wildman–Crippen LogP) is 3.79. The molecule has 0 aromatic heterocycles. The van der Waals surface area contributed by atoms with Gasteiger partial charge in [0.15, 0.2) is 18.1 Å². The van der Waals surface area contributed by atoms with E-state index in [-0.39, 0.29) is 18.4 Å². The molecule has 7 nitrogen and oxygen atoms in total. The molecular formula is C24H23N3O4. The minimum Gasteiger partial charge on any atom is -0.493 e. The molecule has 3 aromatic rings. The standard InChI is InChI=1S/C24H23N3O4/c1-17-7-6-10-20(13-17)26-23(28)16-31-21-12-11-18(14-22(21)30-2)15-25-27-24(29)19-8-4-3-5-9-19/h3-15H,16H2,1-2H3,(H,26,28)(H,27,29)/b25-15-. The molecule has 3 aromatic carbocycles. The second-order valence-electron chi connectivity index (χ2n) is 6.68. The van der Waals surface area contributed by atoms with Gasteiger partial charge in [-0.3, -0.25) is 9.59 Å². The summed E-state index contributed by atoms with van der Waals surface area (Å²) >= 11 is 0. The van der Waals surface area contributed by atoms with Gasteiger partial charge in [0, 0.05) is 11.3 Å². The first-order chi connectivity index (χ1) is 15.0. The van der Waals surface area contributed by atoms with Crippen LogP contribution in [0.4, 0.5) is 5.69 Å². The van der Waals surface area contributed by atoms with Crippen molar-refractivity contribution in [3.63, 3.8) is 0 Å². The molecular weight excluding hydrogens is 394 g/mol. The maximum absolute atomic E-state index is 12.1. The van der Waals surface area contributed by atoms with E-state index in [1.165, 1.54) is 13.3 Å². The molecule has 0 radical (unpaired) electrons. The fraction of sp³-hybridized carbons (Fsp3) is 0.125. The number of nitrogens with one attached hydrogen (secondary N) is 2. The van der Waals surface area contributed by atoms with Crippen LogP contribution in [0.2, 0.25) is 0 Å². The van der Waals surface area contributed by atoms with Crippen LogP contribution in [0, 0.1) is 6.92 Å². The molecule has 0 spiro atoms. The van der Waals surface area contributed by atoms with E-state index in [4.69, 9.17) is 9.47 Å². The number of ether oxygens (including phenoxy) is 2. The molecule has 0 heterocycles. The second kappa shape index (κ2) is 10.6.